The van der Waals surface area contributed by atoms with Crippen LogP contribution in [0.1, 0.15) is 30.5 Å². The summed E-state index contributed by atoms with van der Waals surface area (Å²) in [5.74, 6) is 0.798. The molecular weight excluding hydrogens is 464 g/mol. The molecule has 1 atom stereocenters. The van der Waals surface area contributed by atoms with Gasteiger partial charge in [-0.2, -0.15) is 0 Å². The van der Waals surface area contributed by atoms with Crippen LogP contribution in [0.2, 0.25) is 5.02 Å². The Kier molecular flexibility index (Phi) is 7.93. The van der Waals surface area contributed by atoms with Crippen LogP contribution in [-0.2, 0) is 29.1 Å². The van der Waals surface area contributed by atoms with Gasteiger partial charge in [0.2, 0.25) is 18.6 Å². The van der Waals surface area contributed by atoms with Crippen LogP contribution >= 0.6 is 11.6 Å². The highest BCUT2D eigenvalue weighted by Gasteiger charge is 2.31. The van der Waals surface area contributed by atoms with Crippen molar-refractivity contribution >= 4 is 23.4 Å². The van der Waals surface area contributed by atoms with E-state index in [1.165, 1.54) is 0 Å². The Hall–Kier alpha value is -3.51. The maximum Gasteiger partial charge on any atom is 0.243 e. The Labute approximate surface area is 210 Å². The van der Waals surface area contributed by atoms with Crippen LogP contribution in [0.15, 0.2) is 72.8 Å². The quantitative estimate of drug-likeness (QED) is 0.457. The van der Waals surface area contributed by atoms with Gasteiger partial charge >= 0.3 is 0 Å². The number of nitrogens with one attached hydrogen (secondary N) is 1. The lowest BCUT2D eigenvalue weighted by molar-refractivity contribution is -0.143. The minimum atomic E-state index is -0.683. The van der Waals surface area contributed by atoms with E-state index in [9.17, 15) is 9.59 Å². The molecular formula is C28H29ClN2O4. The van der Waals surface area contributed by atoms with Crippen molar-refractivity contribution in [3.63, 3.8) is 0 Å². The molecule has 0 saturated heterocycles. The van der Waals surface area contributed by atoms with Crippen molar-refractivity contribution in [1.82, 2.24) is 10.2 Å². The molecule has 35 heavy (non-hydrogen) atoms. The molecule has 0 saturated carbocycles. The van der Waals surface area contributed by atoms with E-state index >= 15 is 0 Å². The fourth-order valence-corrected chi connectivity index (χ4v) is 4.13. The van der Waals surface area contributed by atoms with Crippen LogP contribution < -0.4 is 14.8 Å². The zero-order chi connectivity index (χ0) is 24.8. The summed E-state index contributed by atoms with van der Waals surface area (Å²) in [6, 6.07) is 22.0. The average molecular weight is 493 g/mol. The molecule has 0 radical (unpaired) electrons. The minimum absolute atomic E-state index is 0.0842. The van der Waals surface area contributed by atoms with Crippen molar-refractivity contribution in [3.8, 4) is 11.5 Å². The number of carbonyl (C=O) groups excluding carboxylic acids is 2. The summed E-state index contributed by atoms with van der Waals surface area (Å²) in [5.41, 5.74) is 2.78. The van der Waals surface area contributed by atoms with Gasteiger partial charge in [0.25, 0.3) is 0 Å². The van der Waals surface area contributed by atoms with Crippen molar-refractivity contribution < 1.29 is 19.1 Å². The summed E-state index contributed by atoms with van der Waals surface area (Å²) in [6.45, 7) is 4.51. The van der Waals surface area contributed by atoms with E-state index in [0.717, 1.165) is 16.7 Å². The van der Waals surface area contributed by atoms with Gasteiger partial charge < -0.3 is 19.7 Å². The van der Waals surface area contributed by atoms with E-state index in [0.29, 0.717) is 36.0 Å². The van der Waals surface area contributed by atoms with Gasteiger partial charge in [-0.15, -0.1) is 0 Å². The maximum absolute atomic E-state index is 13.6. The number of fused-ring (bicyclic) bond motifs is 1. The summed E-state index contributed by atoms with van der Waals surface area (Å²) >= 11 is 6.05. The molecule has 182 valence electrons. The molecule has 6 nitrogen and oxygen atoms in total. The number of carbonyl (C=O) groups is 2. The lowest BCUT2D eigenvalue weighted by Gasteiger charge is -2.33. The summed E-state index contributed by atoms with van der Waals surface area (Å²) in [5, 5.41) is 3.65. The molecule has 4 rings (SSSR count). The molecule has 0 aromatic heterocycles. The molecule has 1 N–H and O–H groups in total. The molecule has 0 fully saturated rings. The van der Waals surface area contributed by atoms with Crippen molar-refractivity contribution in [2.24, 2.45) is 5.92 Å². The second-order valence-electron chi connectivity index (χ2n) is 8.86. The third-order valence-electron chi connectivity index (χ3n) is 5.90. The fourth-order valence-electron chi connectivity index (χ4n) is 4.00. The number of rotatable bonds is 9. The Morgan fingerprint density at radius 1 is 0.914 bits per heavy atom. The molecule has 2 amide bonds. The van der Waals surface area contributed by atoms with Crippen molar-refractivity contribution in [1.29, 1.82) is 0 Å². The van der Waals surface area contributed by atoms with Crippen LogP contribution in [-0.4, -0.2) is 29.5 Å². The summed E-state index contributed by atoms with van der Waals surface area (Å²) < 4.78 is 10.8. The first-order chi connectivity index (χ1) is 16.9. The van der Waals surface area contributed by atoms with Gasteiger partial charge in [-0.05, 0) is 41.0 Å². The number of halogens is 1. The number of amides is 2. The Morgan fingerprint density at radius 2 is 1.60 bits per heavy atom. The zero-order valence-electron chi connectivity index (χ0n) is 19.9. The summed E-state index contributed by atoms with van der Waals surface area (Å²) in [7, 11) is 0. The van der Waals surface area contributed by atoms with Crippen LogP contribution in [0.5, 0.6) is 11.5 Å². The fraction of sp³-hybridized carbons (Fsp3) is 0.286. The third kappa shape index (κ3) is 6.34. The average Bonchev–Trinajstić information content (AvgIpc) is 3.34. The molecule has 0 aliphatic carbocycles. The van der Waals surface area contributed by atoms with E-state index in [1.54, 1.807) is 17.0 Å². The molecule has 0 spiro atoms. The predicted molar refractivity (Wildman–Crippen MR) is 135 cm³/mol. The van der Waals surface area contributed by atoms with Crippen molar-refractivity contribution in [2.45, 2.75) is 39.4 Å². The Bertz CT molecular complexity index is 1170. The molecule has 1 unspecified atom stereocenters. The molecule has 7 heteroatoms. The van der Waals surface area contributed by atoms with E-state index in [4.69, 9.17) is 21.1 Å². The number of nitrogens with zero attached hydrogens (tertiary/aromatic N) is 1. The van der Waals surface area contributed by atoms with Crippen LogP contribution in [0.3, 0.4) is 0 Å². The first-order valence-corrected chi connectivity index (χ1v) is 12.0. The van der Waals surface area contributed by atoms with Crippen molar-refractivity contribution in [3.05, 3.63) is 94.5 Å². The largest absolute Gasteiger partial charge is 0.454 e. The summed E-state index contributed by atoms with van der Waals surface area (Å²) in [6.07, 6.45) is 0.403. The molecule has 3 aromatic rings. The zero-order valence-corrected chi connectivity index (χ0v) is 20.6. The van der Waals surface area contributed by atoms with Crippen LogP contribution in [0.4, 0.5) is 0 Å². The molecule has 1 aliphatic heterocycles. The standard InChI is InChI=1S/C28H29ClN2O4/c1-19(2)28(33)31(17-21-8-11-23(29)12-9-21)24(14-20-6-4-3-5-7-20)27(32)30-16-22-10-13-25-26(15-22)35-18-34-25/h3-13,15,19,24H,14,16-18H2,1-2H3,(H,30,32). The van der Waals surface area contributed by atoms with Crippen LogP contribution in [0.25, 0.3) is 0 Å². The number of ether oxygens (including phenoxy) is 2. The Balaban J connectivity index is 1.58. The number of hydrogen-bond acceptors (Lipinski definition) is 4. The highest BCUT2D eigenvalue weighted by Crippen LogP contribution is 2.32. The minimum Gasteiger partial charge on any atom is -0.454 e. The first kappa shape index (κ1) is 24.6. The topological polar surface area (TPSA) is 67.9 Å². The predicted octanol–water partition coefficient (Wildman–Crippen LogP) is 4.98. The highest BCUT2D eigenvalue weighted by molar-refractivity contribution is 6.30. The lowest BCUT2D eigenvalue weighted by atomic mass is 10.0. The van der Waals surface area contributed by atoms with Gasteiger partial charge in [0.15, 0.2) is 11.5 Å². The van der Waals surface area contributed by atoms with E-state index < -0.39 is 6.04 Å². The molecule has 3 aromatic carbocycles. The monoisotopic (exact) mass is 492 g/mol. The lowest BCUT2D eigenvalue weighted by Crippen LogP contribution is -2.51. The van der Waals surface area contributed by atoms with Crippen LogP contribution in [0, 0.1) is 5.92 Å². The maximum atomic E-state index is 13.6. The van der Waals surface area contributed by atoms with E-state index in [1.807, 2.05) is 74.5 Å². The van der Waals surface area contributed by atoms with Gasteiger partial charge in [0.05, 0.1) is 0 Å². The number of benzene rings is 3. The second-order valence-corrected chi connectivity index (χ2v) is 9.29. The van der Waals surface area contributed by atoms with E-state index in [-0.39, 0.29) is 24.5 Å². The SMILES string of the molecule is CC(C)C(=O)N(Cc1ccc(Cl)cc1)C(Cc1ccccc1)C(=O)NCc1ccc2c(c1)OCO2. The van der Waals surface area contributed by atoms with E-state index in [2.05, 4.69) is 5.32 Å². The molecule has 1 heterocycles. The van der Waals surface area contributed by atoms with Gasteiger partial charge in [0.1, 0.15) is 6.04 Å². The van der Waals surface area contributed by atoms with Gasteiger partial charge in [-0.3, -0.25) is 9.59 Å². The third-order valence-corrected chi connectivity index (χ3v) is 6.15. The van der Waals surface area contributed by atoms with Gasteiger partial charge in [-0.25, -0.2) is 0 Å². The Morgan fingerprint density at radius 3 is 2.31 bits per heavy atom. The highest BCUT2D eigenvalue weighted by atomic mass is 35.5. The number of hydrogen-bond donors (Lipinski definition) is 1. The first-order valence-electron chi connectivity index (χ1n) is 11.7. The van der Waals surface area contributed by atoms with Gasteiger partial charge in [-0.1, -0.05) is 74.0 Å². The second kappa shape index (κ2) is 11.3. The normalized spacial score (nSPS) is 12.9. The molecule has 1 aliphatic rings. The summed E-state index contributed by atoms with van der Waals surface area (Å²) in [4.78, 5) is 28.6. The smallest absolute Gasteiger partial charge is 0.243 e. The molecule has 0 bridgehead atoms. The van der Waals surface area contributed by atoms with Gasteiger partial charge in [0, 0.05) is 30.5 Å². The van der Waals surface area contributed by atoms with Crippen molar-refractivity contribution in [2.75, 3.05) is 6.79 Å².